The summed E-state index contributed by atoms with van der Waals surface area (Å²) in [7, 11) is 1.58. The Labute approximate surface area is 91.2 Å². The molecule has 0 aliphatic rings. The quantitative estimate of drug-likeness (QED) is 0.759. The zero-order valence-electron chi connectivity index (χ0n) is 8.19. The van der Waals surface area contributed by atoms with Gasteiger partial charge in [-0.3, -0.25) is 4.79 Å². The molecule has 2 N–H and O–H groups in total. The third-order valence-electron chi connectivity index (χ3n) is 1.72. The van der Waals surface area contributed by atoms with Gasteiger partial charge in [0.05, 0.1) is 4.88 Å². The van der Waals surface area contributed by atoms with Gasteiger partial charge < -0.3 is 10.4 Å². The van der Waals surface area contributed by atoms with E-state index in [4.69, 9.17) is 5.11 Å². The molecule has 0 spiro atoms. The molecule has 0 bridgehead atoms. The van der Waals surface area contributed by atoms with Gasteiger partial charge in [0.15, 0.2) is 0 Å². The Hall–Kier alpha value is -1.62. The summed E-state index contributed by atoms with van der Waals surface area (Å²) in [5, 5.41) is 12.7. The molecular weight excluding hydrogens is 214 g/mol. The Kier molecular flexibility index (Phi) is 4.05. The van der Waals surface area contributed by atoms with E-state index in [-0.39, 0.29) is 5.91 Å². The second-order valence-corrected chi connectivity index (χ2v) is 3.75. The minimum Gasteiger partial charge on any atom is -0.478 e. The van der Waals surface area contributed by atoms with Crippen molar-refractivity contribution in [2.24, 2.45) is 0 Å². The molecule has 0 fully saturated rings. The van der Waals surface area contributed by atoms with Gasteiger partial charge in [0.2, 0.25) is 0 Å². The van der Waals surface area contributed by atoms with Crippen LogP contribution >= 0.6 is 11.3 Å². The fourth-order valence-corrected chi connectivity index (χ4v) is 1.89. The summed E-state index contributed by atoms with van der Waals surface area (Å²) in [5.41, 5.74) is 0.941. The third kappa shape index (κ3) is 3.55. The summed E-state index contributed by atoms with van der Waals surface area (Å²) in [6.45, 7) is 0. The molecule has 0 aliphatic carbocycles. The number of carboxylic acids is 1. The summed E-state index contributed by atoms with van der Waals surface area (Å²) in [4.78, 5) is 22.0. The highest BCUT2D eigenvalue weighted by Gasteiger charge is 2.05. The Morgan fingerprint density at radius 3 is 2.93 bits per heavy atom. The average Bonchev–Trinajstić information content (AvgIpc) is 2.65. The minimum atomic E-state index is -0.961. The Bertz CT molecular complexity index is 395. The normalized spacial score (nSPS) is 10.5. The Balaban J connectivity index is 2.61. The smallest absolute Gasteiger partial charge is 0.327 e. The van der Waals surface area contributed by atoms with E-state index >= 15 is 0 Å². The molecule has 1 aromatic rings. The maximum absolute atomic E-state index is 11.2. The number of thiophene rings is 1. The van der Waals surface area contributed by atoms with E-state index in [1.165, 1.54) is 11.3 Å². The van der Waals surface area contributed by atoms with Crippen LogP contribution in [0.4, 0.5) is 0 Å². The first-order chi connectivity index (χ1) is 7.13. The zero-order valence-corrected chi connectivity index (χ0v) is 9.00. The lowest BCUT2D eigenvalue weighted by Gasteiger charge is -1.92. The highest BCUT2D eigenvalue weighted by atomic mass is 32.1. The number of aliphatic carboxylic acids is 1. The van der Waals surface area contributed by atoms with Gasteiger partial charge >= 0.3 is 5.97 Å². The van der Waals surface area contributed by atoms with Crippen molar-refractivity contribution in [1.29, 1.82) is 0 Å². The molecule has 1 rings (SSSR count). The van der Waals surface area contributed by atoms with Gasteiger partial charge in [-0.1, -0.05) is 6.08 Å². The van der Waals surface area contributed by atoms with Crippen LogP contribution in [0, 0.1) is 0 Å². The van der Waals surface area contributed by atoms with E-state index < -0.39 is 5.97 Å². The highest BCUT2D eigenvalue weighted by Crippen LogP contribution is 2.15. The van der Waals surface area contributed by atoms with E-state index in [1.807, 2.05) is 5.38 Å². The van der Waals surface area contributed by atoms with Crippen molar-refractivity contribution >= 4 is 23.2 Å². The molecule has 80 valence electrons. The van der Waals surface area contributed by atoms with Crippen molar-refractivity contribution in [3.63, 3.8) is 0 Å². The van der Waals surface area contributed by atoms with E-state index in [0.29, 0.717) is 11.3 Å². The SMILES string of the molecule is CNC(=O)c1cc(C/C=C/C(=O)O)cs1. The van der Waals surface area contributed by atoms with Crippen LogP contribution in [0.1, 0.15) is 15.2 Å². The zero-order chi connectivity index (χ0) is 11.3. The number of hydrogen-bond acceptors (Lipinski definition) is 3. The molecule has 1 aromatic heterocycles. The predicted octanol–water partition coefficient (Wildman–Crippen LogP) is 1.29. The molecule has 15 heavy (non-hydrogen) atoms. The summed E-state index contributed by atoms with van der Waals surface area (Å²) in [5.74, 6) is -1.08. The van der Waals surface area contributed by atoms with E-state index in [2.05, 4.69) is 5.32 Å². The van der Waals surface area contributed by atoms with Crippen molar-refractivity contribution in [3.05, 3.63) is 34.0 Å². The molecule has 1 amide bonds. The van der Waals surface area contributed by atoms with Crippen molar-refractivity contribution in [1.82, 2.24) is 5.32 Å². The fourth-order valence-electron chi connectivity index (χ4n) is 1.02. The molecule has 0 saturated carbocycles. The number of rotatable bonds is 4. The predicted molar refractivity (Wildman–Crippen MR) is 58.2 cm³/mol. The first-order valence-electron chi connectivity index (χ1n) is 4.32. The standard InChI is InChI=1S/C10H11NO3S/c1-11-10(14)8-5-7(6-15-8)3-2-4-9(12)13/h2,4-6H,3H2,1H3,(H,11,14)(H,12,13)/b4-2+. The number of carboxylic acid groups (broad SMARTS) is 1. The molecule has 0 radical (unpaired) electrons. The van der Waals surface area contributed by atoms with E-state index in [9.17, 15) is 9.59 Å². The number of hydrogen-bond donors (Lipinski definition) is 2. The molecule has 0 atom stereocenters. The van der Waals surface area contributed by atoms with Gasteiger partial charge in [0, 0.05) is 13.1 Å². The summed E-state index contributed by atoms with van der Waals surface area (Å²) < 4.78 is 0. The van der Waals surface area contributed by atoms with Crippen LogP contribution in [-0.4, -0.2) is 24.0 Å². The topological polar surface area (TPSA) is 66.4 Å². The van der Waals surface area contributed by atoms with Crippen LogP contribution < -0.4 is 5.32 Å². The van der Waals surface area contributed by atoms with Gasteiger partial charge in [-0.2, -0.15) is 0 Å². The molecule has 4 nitrogen and oxygen atoms in total. The second-order valence-electron chi connectivity index (χ2n) is 2.84. The molecule has 0 aromatic carbocycles. The second kappa shape index (κ2) is 5.31. The van der Waals surface area contributed by atoms with Crippen molar-refractivity contribution in [2.75, 3.05) is 7.05 Å². The summed E-state index contributed by atoms with van der Waals surface area (Å²) in [6, 6.07) is 1.76. The molecular formula is C10H11NO3S. The lowest BCUT2D eigenvalue weighted by molar-refractivity contribution is -0.131. The molecule has 0 aliphatic heterocycles. The van der Waals surface area contributed by atoms with Gasteiger partial charge in [-0.05, 0) is 23.4 Å². The van der Waals surface area contributed by atoms with Crippen LogP contribution in [0.25, 0.3) is 0 Å². The summed E-state index contributed by atoms with van der Waals surface area (Å²) >= 11 is 1.35. The molecule has 1 heterocycles. The van der Waals surface area contributed by atoms with Gasteiger partial charge in [-0.15, -0.1) is 11.3 Å². The van der Waals surface area contributed by atoms with E-state index in [1.54, 1.807) is 19.2 Å². The average molecular weight is 225 g/mol. The van der Waals surface area contributed by atoms with Crippen LogP contribution in [0.5, 0.6) is 0 Å². The fraction of sp³-hybridized carbons (Fsp3) is 0.200. The van der Waals surface area contributed by atoms with Crippen LogP contribution in [0.3, 0.4) is 0 Å². The number of carbonyl (C=O) groups is 2. The first kappa shape index (κ1) is 11.5. The van der Waals surface area contributed by atoms with Gasteiger partial charge in [0.1, 0.15) is 0 Å². The maximum atomic E-state index is 11.2. The Morgan fingerprint density at radius 2 is 2.33 bits per heavy atom. The van der Waals surface area contributed by atoms with Crippen molar-refractivity contribution in [3.8, 4) is 0 Å². The lowest BCUT2D eigenvalue weighted by atomic mass is 10.2. The highest BCUT2D eigenvalue weighted by molar-refractivity contribution is 7.12. The maximum Gasteiger partial charge on any atom is 0.327 e. The minimum absolute atomic E-state index is 0.117. The van der Waals surface area contributed by atoms with Crippen LogP contribution in [-0.2, 0) is 11.2 Å². The Morgan fingerprint density at radius 1 is 1.60 bits per heavy atom. The van der Waals surface area contributed by atoms with Crippen molar-refractivity contribution in [2.45, 2.75) is 6.42 Å². The summed E-state index contributed by atoms with van der Waals surface area (Å²) in [6.07, 6.45) is 3.18. The number of allylic oxidation sites excluding steroid dienone is 1. The molecule has 5 heteroatoms. The monoisotopic (exact) mass is 225 g/mol. The number of amides is 1. The van der Waals surface area contributed by atoms with Crippen LogP contribution in [0.2, 0.25) is 0 Å². The van der Waals surface area contributed by atoms with Gasteiger partial charge in [-0.25, -0.2) is 4.79 Å². The van der Waals surface area contributed by atoms with E-state index in [0.717, 1.165) is 11.6 Å². The lowest BCUT2D eigenvalue weighted by Crippen LogP contribution is -2.16. The largest absolute Gasteiger partial charge is 0.478 e. The molecule has 0 unspecified atom stereocenters. The molecule has 0 saturated heterocycles. The number of carbonyl (C=O) groups excluding carboxylic acids is 1. The van der Waals surface area contributed by atoms with Crippen LogP contribution in [0.15, 0.2) is 23.6 Å². The van der Waals surface area contributed by atoms with Gasteiger partial charge in [0.25, 0.3) is 5.91 Å². The first-order valence-corrected chi connectivity index (χ1v) is 5.20. The van der Waals surface area contributed by atoms with Crippen molar-refractivity contribution < 1.29 is 14.7 Å². The third-order valence-corrected chi connectivity index (χ3v) is 2.70. The number of nitrogens with one attached hydrogen (secondary N) is 1.